The van der Waals surface area contributed by atoms with Gasteiger partial charge in [0, 0.05) is 12.6 Å². The van der Waals surface area contributed by atoms with Crippen molar-refractivity contribution >= 4 is 12.1 Å². The van der Waals surface area contributed by atoms with Gasteiger partial charge >= 0.3 is 0 Å². The molecule has 0 aliphatic rings. The van der Waals surface area contributed by atoms with E-state index in [0.717, 1.165) is 12.0 Å². The van der Waals surface area contributed by atoms with Crippen LogP contribution in [0.25, 0.3) is 0 Å². The normalized spacial score (nSPS) is 9.22. The van der Waals surface area contributed by atoms with E-state index < -0.39 is 5.82 Å². The SMILES string of the molecule is CCc1ccc(F)c(N(C)N)c1CO.NNC=O. The largest absolute Gasteiger partial charge is 0.392 e. The Bertz CT molecular complexity index is 386. The topological polar surface area (TPSA) is 105 Å². The van der Waals surface area contributed by atoms with E-state index in [0.29, 0.717) is 12.0 Å². The number of benzene rings is 1. The van der Waals surface area contributed by atoms with Gasteiger partial charge in [0.2, 0.25) is 6.41 Å². The monoisotopic (exact) mass is 258 g/mol. The molecule has 1 rings (SSSR count). The zero-order valence-corrected chi connectivity index (χ0v) is 10.5. The molecule has 1 amide bonds. The molecule has 0 saturated heterocycles. The number of aliphatic hydroxyl groups is 1. The van der Waals surface area contributed by atoms with E-state index in [9.17, 15) is 4.39 Å². The van der Waals surface area contributed by atoms with Crippen molar-refractivity contribution in [3.05, 3.63) is 29.1 Å². The van der Waals surface area contributed by atoms with Crippen molar-refractivity contribution in [2.75, 3.05) is 12.1 Å². The first-order chi connectivity index (χ1) is 8.53. The van der Waals surface area contributed by atoms with Gasteiger partial charge in [0.05, 0.1) is 12.3 Å². The van der Waals surface area contributed by atoms with Crippen LogP contribution in [0.3, 0.4) is 0 Å². The van der Waals surface area contributed by atoms with Gasteiger partial charge in [0.25, 0.3) is 0 Å². The first kappa shape index (κ1) is 16.3. The highest BCUT2D eigenvalue weighted by Gasteiger charge is 2.13. The summed E-state index contributed by atoms with van der Waals surface area (Å²) in [6, 6.07) is 3.05. The van der Waals surface area contributed by atoms with Crippen molar-refractivity contribution < 1.29 is 14.3 Å². The molecule has 0 spiro atoms. The van der Waals surface area contributed by atoms with Gasteiger partial charge in [-0.3, -0.25) is 10.2 Å². The lowest BCUT2D eigenvalue weighted by atomic mass is 10.0. The van der Waals surface area contributed by atoms with E-state index in [4.69, 9.17) is 15.7 Å². The third-order valence-electron chi connectivity index (χ3n) is 2.29. The summed E-state index contributed by atoms with van der Waals surface area (Å²) in [5.74, 6) is 9.50. The third kappa shape index (κ3) is 4.28. The number of aryl methyl sites for hydroxylation is 1. The first-order valence-corrected chi connectivity index (χ1v) is 5.32. The van der Waals surface area contributed by atoms with Gasteiger partial charge < -0.3 is 10.1 Å². The van der Waals surface area contributed by atoms with Crippen LogP contribution in [0.15, 0.2) is 12.1 Å². The fourth-order valence-electron chi connectivity index (χ4n) is 1.54. The maximum atomic E-state index is 13.4. The average Bonchev–Trinajstić information content (AvgIpc) is 2.37. The molecule has 0 aromatic heterocycles. The Balaban J connectivity index is 0.000000631. The highest BCUT2D eigenvalue weighted by atomic mass is 19.1. The minimum absolute atomic E-state index is 0.197. The Morgan fingerprint density at radius 2 is 2.11 bits per heavy atom. The molecule has 18 heavy (non-hydrogen) atoms. The molecule has 0 saturated carbocycles. The van der Waals surface area contributed by atoms with Crippen LogP contribution in [-0.4, -0.2) is 18.6 Å². The predicted molar refractivity (Wildman–Crippen MR) is 67.7 cm³/mol. The zero-order chi connectivity index (χ0) is 14.1. The molecule has 0 atom stereocenters. The molecule has 6 N–H and O–H groups in total. The van der Waals surface area contributed by atoms with E-state index in [1.54, 1.807) is 18.5 Å². The first-order valence-electron chi connectivity index (χ1n) is 5.32. The number of nitrogens with zero attached hydrogens (tertiary/aromatic N) is 1. The summed E-state index contributed by atoms with van der Waals surface area (Å²) in [6.07, 6.45) is 1.15. The van der Waals surface area contributed by atoms with Crippen LogP contribution in [0.1, 0.15) is 18.1 Å². The van der Waals surface area contributed by atoms with Crippen LogP contribution in [-0.2, 0) is 17.8 Å². The van der Waals surface area contributed by atoms with E-state index >= 15 is 0 Å². The minimum atomic E-state index is -0.406. The number of nitrogens with one attached hydrogen (secondary N) is 1. The minimum Gasteiger partial charge on any atom is -0.392 e. The second kappa shape index (κ2) is 8.40. The Morgan fingerprint density at radius 3 is 2.44 bits per heavy atom. The molecule has 102 valence electrons. The number of hydrazine groups is 2. The molecule has 0 bridgehead atoms. The number of carbonyl (C=O) groups is 1. The lowest BCUT2D eigenvalue weighted by Crippen LogP contribution is -2.28. The fourth-order valence-corrected chi connectivity index (χ4v) is 1.54. The molecule has 0 radical (unpaired) electrons. The van der Waals surface area contributed by atoms with Crippen LogP contribution >= 0.6 is 0 Å². The van der Waals surface area contributed by atoms with Crippen molar-refractivity contribution in [1.82, 2.24) is 5.43 Å². The number of nitrogens with two attached hydrogens (primary N) is 2. The summed E-state index contributed by atoms with van der Waals surface area (Å²) < 4.78 is 13.4. The summed E-state index contributed by atoms with van der Waals surface area (Å²) >= 11 is 0. The smallest absolute Gasteiger partial charge is 0.221 e. The van der Waals surface area contributed by atoms with Gasteiger partial charge in [0.15, 0.2) is 0 Å². The van der Waals surface area contributed by atoms with Crippen molar-refractivity contribution in [2.24, 2.45) is 11.7 Å². The molecule has 0 heterocycles. The summed E-state index contributed by atoms with van der Waals surface area (Å²) in [7, 11) is 1.55. The Labute approximate surface area is 105 Å². The molecule has 1 aromatic rings. The Morgan fingerprint density at radius 1 is 1.56 bits per heavy atom. The second-order valence-electron chi connectivity index (χ2n) is 3.44. The number of anilines is 1. The van der Waals surface area contributed by atoms with E-state index in [2.05, 4.69) is 5.84 Å². The van der Waals surface area contributed by atoms with Gasteiger partial charge in [-0.05, 0) is 18.1 Å². The van der Waals surface area contributed by atoms with E-state index in [-0.39, 0.29) is 12.3 Å². The number of carbonyl (C=O) groups excluding carboxylic acids is 1. The van der Waals surface area contributed by atoms with Gasteiger partial charge in [0.1, 0.15) is 5.82 Å². The highest BCUT2D eigenvalue weighted by Crippen LogP contribution is 2.25. The molecular formula is C11H19FN4O2. The molecule has 0 fully saturated rings. The van der Waals surface area contributed by atoms with E-state index in [1.807, 2.05) is 6.92 Å². The Hall–Kier alpha value is -1.70. The lowest BCUT2D eigenvalue weighted by Gasteiger charge is -2.19. The number of hydrogen-bond donors (Lipinski definition) is 4. The van der Waals surface area contributed by atoms with Crippen LogP contribution in [0.5, 0.6) is 0 Å². The van der Waals surface area contributed by atoms with Crippen LogP contribution in [0.4, 0.5) is 10.1 Å². The number of halogens is 1. The van der Waals surface area contributed by atoms with Gasteiger partial charge in [-0.1, -0.05) is 13.0 Å². The fraction of sp³-hybridized carbons (Fsp3) is 0.364. The van der Waals surface area contributed by atoms with Crippen molar-refractivity contribution in [2.45, 2.75) is 20.0 Å². The number of amides is 1. The number of rotatable bonds is 4. The molecule has 1 aromatic carbocycles. The molecular weight excluding hydrogens is 239 g/mol. The zero-order valence-electron chi connectivity index (χ0n) is 10.5. The van der Waals surface area contributed by atoms with Crippen molar-refractivity contribution in [1.29, 1.82) is 0 Å². The summed E-state index contributed by atoms with van der Waals surface area (Å²) in [5.41, 5.74) is 3.51. The van der Waals surface area contributed by atoms with Crippen LogP contribution in [0.2, 0.25) is 0 Å². The van der Waals surface area contributed by atoms with Crippen LogP contribution < -0.4 is 22.1 Å². The summed E-state index contributed by atoms with van der Waals surface area (Å²) in [4.78, 5) is 8.94. The quantitative estimate of drug-likeness (QED) is 0.259. The van der Waals surface area contributed by atoms with Crippen molar-refractivity contribution in [3.63, 3.8) is 0 Å². The number of aliphatic hydroxyl groups excluding tert-OH is 1. The average molecular weight is 258 g/mol. The standard InChI is InChI=1S/C10H15FN2O.CH4N2O/c1-3-7-4-5-9(11)10(13(2)12)8(7)6-14;2-3-1-4/h4-5,14H,3,6,12H2,1-2H3;1H,2H2,(H,3,4). The summed E-state index contributed by atoms with van der Waals surface area (Å²) in [5, 5.41) is 10.3. The molecule has 0 aliphatic carbocycles. The lowest BCUT2D eigenvalue weighted by molar-refractivity contribution is -0.109. The van der Waals surface area contributed by atoms with Gasteiger partial charge in [-0.25, -0.2) is 16.1 Å². The molecule has 0 aliphatic heterocycles. The third-order valence-corrected chi connectivity index (χ3v) is 2.29. The van der Waals surface area contributed by atoms with Gasteiger partial charge in [-0.2, -0.15) is 0 Å². The van der Waals surface area contributed by atoms with Crippen molar-refractivity contribution in [3.8, 4) is 0 Å². The maximum Gasteiger partial charge on any atom is 0.221 e. The maximum absolute atomic E-state index is 13.4. The predicted octanol–water partition coefficient (Wildman–Crippen LogP) is -0.204. The molecule has 0 unspecified atom stereocenters. The Kier molecular flexibility index (Phi) is 7.61. The van der Waals surface area contributed by atoms with Crippen LogP contribution in [0, 0.1) is 5.82 Å². The number of hydrogen-bond acceptors (Lipinski definition) is 5. The molecule has 7 heteroatoms. The highest BCUT2D eigenvalue weighted by molar-refractivity contribution is 5.56. The second-order valence-corrected chi connectivity index (χ2v) is 3.44. The molecule has 6 nitrogen and oxygen atoms in total. The van der Waals surface area contributed by atoms with E-state index in [1.165, 1.54) is 11.1 Å². The summed E-state index contributed by atoms with van der Waals surface area (Å²) in [6.45, 7) is 1.75. The van der Waals surface area contributed by atoms with Gasteiger partial charge in [-0.15, -0.1) is 0 Å².